The third kappa shape index (κ3) is 5.93. The van der Waals surface area contributed by atoms with E-state index in [1.54, 1.807) is 0 Å². The average molecular weight is 449 g/mol. The van der Waals surface area contributed by atoms with Gasteiger partial charge in [-0.2, -0.15) is 0 Å². The van der Waals surface area contributed by atoms with Crippen molar-refractivity contribution in [1.29, 1.82) is 5.26 Å². The first kappa shape index (κ1) is 23.9. The average Bonchev–Trinajstić information content (AvgIpc) is 2.77. The van der Waals surface area contributed by atoms with Crippen molar-refractivity contribution in [3.05, 3.63) is 17.4 Å². The summed E-state index contributed by atoms with van der Waals surface area (Å²) in [5.41, 5.74) is 8.19. The van der Waals surface area contributed by atoms with Crippen LogP contribution in [0.5, 0.6) is 0 Å². The van der Waals surface area contributed by atoms with Gasteiger partial charge in [0.1, 0.15) is 6.73 Å². The number of nitrogens with zero attached hydrogens (tertiary/aromatic N) is 3. The van der Waals surface area contributed by atoms with E-state index in [1.165, 1.54) is 6.26 Å². The zero-order valence-electron chi connectivity index (χ0n) is 18.8. The van der Waals surface area contributed by atoms with Crippen LogP contribution in [0.2, 0.25) is 0 Å². The van der Waals surface area contributed by atoms with Crippen molar-refractivity contribution in [3.63, 3.8) is 0 Å². The number of nitrogens with two attached hydrogens (primary N) is 1. The number of amides is 1. The number of hydrogen-bond acceptors (Lipinski definition) is 8. The molecule has 0 aromatic heterocycles. The van der Waals surface area contributed by atoms with Crippen molar-refractivity contribution in [3.8, 4) is 6.26 Å². The topological polar surface area (TPSA) is 116 Å². The molecule has 4 N–H and O–H groups in total. The highest BCUT2D eigenvalue weighted by Gasteiger charge is 2.25. The molecule has 1 aliphatic heterocycles. The van der Waals surface area contributed by atoms with Crippen molar-refractivity contribution in [2.75, 3.05) is 55.4 Å². The summed E-state index contributed by atoms with van der Waals surface area (Å²) in [4.78, 5) is 15.8. The summed E-state index contributed by atoms with van der Waals surface area (Å²) < 4.78 is 25.6. The standard InChI is InChI=1S/C22H33FN6O3/c1-3-28-8-10-29(11-9-28)21-15(2)12-18(25)20(19(21)23)26-14-32-17-6-4-16(5-7-17)27-22(30)31-13-24/h12,16-17,26H,3-11,14,25H2,1-2H3,(H,27,30). The lowest BCUT2D eigenvalue weighted by molar-refractivity contribution is 0.0334. The number of nitrogen functional groups attached to an aromatic ring is 1. The maximum absolute atomic E-state index is 15.4. The number of hydrogen-bond donors (Lipinski definition) is 3. The number of carbonyl (C=O) groups excluding carboxylic acids is 1. The fourth-order valence-corrected chi connectivity index (χ4v) is 4.49. The van der Waals surface area contributed by atoms with Crippen molar-refractivity contribution < 1.29 is 18.7 Å². The van der Waals surface area contributed by atoms with Gasteiger partial charge in [-0.05, 0) is 50.8 Å². The molecule has 0 bridgehead atoms. The van der Waals surface area contributed by atoms with Crippen LogP contribution in [0.15, 0.2) is 6.07 Å². The van der Waals surface area contributed by atoms with E-state index in [-0.39, 0.29) is 30.4 Å². The van der Waals surface area contributed by atoms with Gasteiger partial charge in [0.2, 0.25) is 0 Å². The highest BCUT2D eigenvalue weighted by atomic mass is 19.1. The molecule has 1 aromatic rings. The molecule has 1 saturated carbocycles. The molecule has 32 heavy (non-hydrogen) atoms. The molecule has 1 heterocycles. The lowest BCUT2D eigenvalue weighted by Crippen LogP contribution is -2.46. The molecule has 1 aromatic carbocycles. The van der Waals surface area contributed by atoms with Crippen LogP contribution in [0.25, 0.3) is 0 Å². The molecule has 0 radical (unpaired) electrons. The van der Waals surface area contributed by atoms with E-state index in [4.69, 9.17) is 15.7 Å². The van der Waals surface area contributed by atoms with Crippen LogP contribution < -0.4 is 21.3 Å². The van der Waals surface area contributed by atoms with Crippen LogP contribution in [-0.2, 0) is 9.47 Å². The Morgan fingerprint density at radius 2 is 1.97 bits per heavy atom. The Morgan fingerprint density at radius 3 is 2.59 bits per heavy atom. The number of ether oxygens (including phenoxy) is 2. The number of aryl methyl sites for hydroxylation is 1. The molecule has 1 saturated heterocycles. The van der Waals surface area contributed by atoms with Crippen LogP contribution in [0.4, 0.5) is 26.2 Å². The SMILES string of the molecule is CCN1CCN(c2c(C)cc(N)c(NCOC3CCC(NC(=O)OC#N)CC3)c2F)CC1. The fraction of sp³-hybridized carbons (Fsp3) is 0.636. The van der Waals surface area contributed by atoms with Gasteiger partial charge in [0.25, 0.3) is 6.26 Å². The summed E-state index contributed by atoms with van der Waals surface area (Å²) in [6.45, 7) is 8.57. The molecule has 1 aliphatic carbocycles. The predicted molar refractivity (Wildman–Crippen MR) is 121 cm³/mol. The van der Waals surface area contributed by atoms with Crippen LogP contribution in [0.3, 0.4) is 0 Å². The molecule has 1 amide bonds. The number of nitriles is 1. The molecule has 10 heteroatoms. The van der Waals surface area contributed by atoms with E-state index in [2.05, 4.69) is 32.1 Å². The van der Waals surface area contributed by atoms with E-state index in [0.717, 1.165) is 64.0 Å². The van der Waals surface area contributed by atoms with Crippen molar-refractivity contribution in [1.82, 2.24) is 10.2 Å². The quantitative estimate of drug-likeness (QED) is 0.331. The number of rotatable bonds is 7. The third-order valence-corrected chi connectivity index (χ3v) is 6.30. The van der Waals surface area contributed by atoms with Crippen LogP contribution in [0.1, 0.15) is 38.2 Å². The summed E-state index contributed by atoms with van der Waals surface area (Å²) in [5, 5.41) is 14.1. The highest BCUT2D eigenvalue weighted by Crippen LogP contribution is 2.35. The van der Waals surface area contributed by atoms with Gasteiger partial charge in [-0.15, -0.1) is 5.26 Å². The van der Waals surface area contributed by atoms with Gasteiger partial charge in [0.15, 0.2) is 5.82 Å². The third-order valence-electron chi connectivity index (χ3n) is 6.30. The van der Waals surface area contributed by atoms with Gasteiger partial charge in [0, 0.05) is 32.2 Å². The number of halogens is 1. The second-order valence-corrected chi connectivity index (χ2v) is 8.33. The number of piperazine rings is 1. The van der Waals surface area contributed by atoms with Crippen LogP contribution >= 0.6 is 0 Å². The molecule has 176 valence electrons. The number of likely N-dealkylation sites (N-methyl/N-ethyl adjacent to an activating group) is 1. The van der Waals surface area contributed by atoms with E-state index in [9.17, 15) is 4.79 Å². The maximum Gasteiger partial charge on any atom is 0.422 e. The number of anilines is 3. The minimum Gasteiger partial charge on any atom is -0.397 e. The Morgan fingerprint density at radius 1 is 1.28 bits per heavy atom. The van der Waals surface area contributed by atoms with Gasteiger partial charge in [-0.1, -0.05) is 6.92 Å². The normalized spacial score (nSPS) is 21.6. The second-order valence-electron chi connectivity index (χ2n) is 8.33. The Balaban J connectivity index is 1.52. The smallest absolute Gasteiger partial charge is 0.397 e. The highest BCUT2D eigenvalue weighted by molar-refractivity contribution is 5.76. The lowest BCUT2D eigenvalue weighted by atomic mass is 9.93. The number of benzene rings is 1. The largest absolute Gasteiger partial charge is 0.422 e. The molecule has 0 spiro atoms. The van der Waals surface area contributed by atoms with Gasteiger partial charge in [0.05, 0.1) is 23.2 Å². The Bertz CT molecular complexity index is 830. The number of nitrogens with one attached hydrogen (secondary N) is 2. The second kappa shape index (κ2) is 11.2. The Labute approximate surface area is 188 Å². The summed E-state index contributed by atoms with van der Waals surface area (Å²) in [6, 6.07) is 1.77. The Hall–Kier alpha value is -2.77. The van der Waals surface area contributed by atoms with Crippen molar-refractivity contribution >= 4 is 23.2 Å². The predicted octanol–water partition coefficient (Wildman–Crippen LogP) is 2.76. The first-order valence-corrected chi connectivity index (χ1v) is 11.2. The molecular formula is C22H33FN6O3. The number of carbonyl (C=O) groups is 1. The van der Waals surface area contributed by atoms with Crippen LogP contribution in [-0.4, -0.2) is 62.6 Å². The summed E-state index contributed by atoms with van der Waals surface area (Å²) in [7, 11) is 0. The molecule has 0 unspecified atom stereocenters. The first-order valence-electron chi connectivity index (χ1n) is 11.2. The Kier molecular flexibility index (Phi) is 8.36. The van der Waals surface area contributed by atoms with Gasteiger partial charge >= 0.3 is 6.09 Å². The summed E-state index contributed by atoms with van der Waals surface area (Å²) in [6.07, 6.45) is 3.58. The van der Waals surface area contributed by atoms with Gasteiger partial charge < -0.3 is 35.6 Å². The van der Waals surface area contributed by atoms with E-state index >= 15 is 4.39 Å². The van der Waals surface area contributed by atoms with Crippen LogP contribution in [0, 0.1) is 24.3 Å². The monoisotopic (exact) mass is 448 g/mol. The molecule has 2 aliphatic rings. The van der Waals surface area contributed by atoms with Gasteiger partial charge in [-0.25, -0.2) is 9.18 Å². The molecule has 2 fully saturated rings. The van der Waals surface area contributed by atoms with Crippen molar-refractivity contribution in [2.24, 2.45) is 0 Å². The fourth-order valence-electron chi connectivity index (χ4n) is 4.49. The van der Waals surface area contributed by atoms with Crippen molar-refractivity contribution in [2.45, 2.75) is 51.7 Å². The number of alkyl carbamates (subject to hydrolysis) is 1. The summed E-state index contributed by atoms with van der Waals surface area (Å²) in [5.74, 6) is -0.333. The van der Waals surface area contributed by atoms with E-state index in [0.29, 0.717) is 11.4 Å². The summed E-state index contributed by atoms with van der Waals surface area (Å²) >= 11 is 0. The minimum absolute atomic E-state index is 0.00358. The van der Waals surface area contributed by atoms with Gasteiger partial charge in [-0.3, -0.25) is 0 Å². The van der Waals surface area contributed by atoms with E-state index in [1.807, 2.05) is 13.0 Å². The van der Waals surface area contributed by atoms with E-state index < -0.39 is 6.09 Å². The molecular weight excluding hydrogens is 415 g/mol. The zero-order valence-corrected chi connectivity index (χ0v) is 18.8. The molecule has 9 nitrogen and oxygen atoms in total. The zero-order chi connectivity index (χ0) is 23.1. The minimum atomic E-state index is -0.726. The molecule has 0 atom stereocenters. The molecule has 3 rings (SSSR count). The first-order chi connectivity index (χ1) is 15.4. The maximum atomic E-state index is 15.4. The lowest BCUT2D eigenvalue weighted by Gasteiger charge is -2.36.